The summed E-state index contributed by atoms with van der Waals surface area (Å²) in [5.41, 5.74) is -1.45. The van der Waals surface area contributed by atoms with Crippen LogP contribution in [0.2, 0.25) is 5.02 Å². The van der Waals surface area contributed by atoms with Crippen LogP contribution in [-0.2, 0) is 12.7 Å². The first kappa shape index (κ1) is 14.4. The van der Waals surface area contributed by atoms with Crippen molar-refractivity contribution in [3.05, 3.63) is 57.0 Å². The van der Waals surface area contributed by atoms with Crippen LogP contribution in [0.5, 0.6) is 0 Å². The topological polar surface area (TPSA) is 57.8 Å². The molecule has 4 nitrogen and oxygen atoms in total. The zero-order chi connectivity index (χ0) is 14.8. The van der Waals surface area contributed by atoms with Gasteiger partial charge in [0.15, 0.2) is 5.69 Å². The maximum absolute atomic E-state index is 12.5. The van der Waals surface area contributed by atoms with Gasteiger partial charge in [-0.1, -0.05) is 29.8 Å². The van der Waals surface area contributed by atoms with Gasteiger partial charge in [0.2, 0.25) is 5.95 Å². The molecule has 0 spiro atoms. The Balaban J connectivity index is 2.20. The first-order valence-electron chi connectivity index (χ1n) is 5.52. The predicted molar refractivity (Wildman–Crippen MR) is 68.6 cm³/mol. The smallest absolute Gasteiger partial charge is 0.352 e. The van der Waals surface area contributed by atoms with Crippen molar-refractivity contribution in [1.29, 1.82) is 0 Å². The summed E-state index contributed by atoms with van der Waals surface area (Å²) < 4.78 is 37.5. The molecule has 8 heteroatoms. The summed E-state index contributed by atoms with van der Waals surface area (Å²) in [5.74, 6) is -0.259. The second kappa shape index (κ2) is 5.54. The SMILES string of the molecule is O=c1cc(C(F)(F)F)nc(NCc2ccccc2Cl)[nH]1. The molecule has 0 bridgehead atoms. The number of aromatic amines is 1. The maximum Gasteiger partial charge on any atom is 0.433 e. The average Bonchev–Trinajstić information content (AvgIpc) is 2.36. The van der Waals surface area contributed by atoms with E-state index in [1.54, 1.807) is 24.3 Å². The number of aromatic nitrogens is 2. The van der Waals surface area contributed by atoms with Gasteiger partial charge in [0.05, 0.1) is 0 Å². The van der Waals surface area contributed by atoms with Gasteiger partial charge in [-0.05, 0) is 11.6 Å². The Kier molecular flexibility index (Phi) is 3.99. The molecule has 1 heterocycles. The fraction of sp³-hybridized carbons (Fsp3) is 0.167. The highest BCUT2D eigenvalue weighted by Crippen LogP contribution is 2.26. The van der Waals surface area contributed by atoms with Gasteiger partial charge >= 0.3 is 6.18 Å². The quantitative estimate of drug-likeness (QED) is 0.916. The molecular weight excluding hydrogens is 295 g/mol. The molecule has 0 atom stereocenters. The number of hydrogen-bond donors (Lipinski definition) is 2. The zero-order valence-corrected chi connectivity index (χ0v) is 10.7. The molecule has 0 saturated carbocycles. The molecule has 0 amide bonds. The van der Waals surface area contributed by atoms with Crippen molar-refractivity contribution in [2.45, 2.75) is 12.7 Å². The lowest BCUT2D eigenvalue weighted by Crippen LogP contribution is -2.18. The van der Waals surface area contributed by atoms with Crippen LogP contribution in [0.25, 0.3) is 0 Å². The summed E-state index contributed by atoms with van der Waals surface area (Å²) in [6, 6.07) is 7.24. The van der Waals surface area contributed by atoms with Gasteiger partial charge < -0.3 is 5.32 Å². The Labute approximate surface area is 116 Å². The summed E-state index contributed by atoms with van der Waals surface area (Å²) in [4.78, 5) is 16.7. The van der Waals surface area contributed by atoms with Crippen LogP contribution in [0.1, 0.15) is 11.3 Å². The van der Waals surface area contributed by atoms with Crippen LogP contribution < -0.4 is 10.9 Å². The number of rotatable bonds is 3. The fourth-order valence-electron chi connectivity index (χ4n) is 1.51. The van der Waals surface area contributed by atoms with Crippen LogP contribution in [0, 0.1) is 0 Å². The third-order valence-corrected chi connectivity index (χ3v) is 2.80. The maximum atomic E-state index is 12.5. The van der Waals surface area contributed by atoms with Gasteiger partial charge in [0.25, 0.3) is 5.56 Å². The van der Waals surface area contributed by atoms with Gasteiger partial charge in [-0.2, -0.15) is 13.2 Å². The Hall–Kier alpha value is -2.02. The van der Waals surface area contributed by atoms with E-state index >= 15 is 0 Å². The molecule has 0 unspecified atom stereocenters. The predicted octanol–water partition coefficient (Wildman–Crippen LogP) is 3.05. The van der Waals surface area contributed by atoms with Crippen molar-refractivity contribution in [3.63, 3.8) is 0 Å². The molecular formula is C12H9ClF3N3O. The van der Waals surface area contributed by atoms with E-state index in [9.17, 15) is 18.0 Å². The number of anilines is 1. The lowest BCUT2D eigenvalue weighted by atomic mass is 10.2. The van der Waals surface area contributed by atoms with Gasteiger partial charge in [0.1, 0.15) is 0 Å². The van der Waals surface area contributed by atoms with Crippen LogP contribution in [0.3, 0.4) is 0 Å². The second-order valence-electron chi connectivity index (χ2n) is 3.92. The largest absolute Gasteiger partial charge is 0.433 e. The minimum absolute atomic E-state index is 0.143. The number of nitrogens with zero attached hydrogens (tertiary/aromatic N) is 1. The van der Waals surface area contributed by atoms with Crippen molar-refractivity contribution in [3.8, 4) is 0 Å². The molecule has 2 N–H and O–H groups in total. The molecule has 0 radical (unpaired) electrons. The summed E-state index contributed by atoms with van der Waals surface area (Å²) in [6.45, 7) is 0.143. The average molecular weight is 304 g/mol. The standard InChI is InChI=1S/C12H9ClF3N3O/c13-8-4-2-1-3-7(8)6-17-11-18-9(12(14,15)16)5-10(20)19-11/h1-5H,6H2,(H2,17,18,19,20). The van der Waals surface area contributed by atoms with Crippen molar-refractivity contribution < 1.29 is 13.2 Å². The van der Waals surface area contributed by atoms with Gasteiger partial charge in [-0.25, -0.2) is 4.98 Å². The number of H-pyrrole nitrogens is 1. The Morgan fingerprint density at radius 3 is 2.65 bits per heavy atom. The van der Waals surface area contributed by atoms with Crippen LogP contribution in [0.4, 0.5) is 19.1 Å². The molecule has 1 aromatic carbocycles. The van der Waals surface area contributed by atoms with Crippen LogP contribution >= 0.6 is 11.6 Å². The highest BCUT2D eigenvalue weighted by atomic mass is 35.5. The molecule has 0 aliphatic carbocycles. The van der Waals surface area contributed by atoms with Gasteiger partial charge in [-0.15, -0.1) is 0 Å². The monoisotopic (exact) mass is 303 g/mol. The summed E-state index contributed by atoms with van der Waals surface area (Å²) in [7, 11) is 0. The summed E-state index contributed by atoms with van der Waals surface area (Å²) >= 11 is 5.91. The molecule has 0 saturated heterocycles. The lowest BCUT2D eigenvalue weighted by molar-refractivity contribution is -0.141. The highest BCUT2D eigenvalue weighted by Gasteiger charge is 2.33. The Bertz CT molecular complexity index is 669. The minimum Gasteiger partial charge on any atom is -0.352 e. The first-order chi connectivity index (χ1) is 9.36. The fourth-order valence-corrected chi connectivity index (χ4v) is 1.71. The van der Waals surface area contributed by atoms with Gasteiger partial charge in [0, 0.05) is 17.6 Å². The van der Waals surface area contributed by atoms with E-state index < -0.39 is 17.4 Å². The Morgan fingerprint density at radius 1 is 1.30 bits per heavy atom. The van der Waals surface area contributed by atoms with E-state index in [4.69, 9.17) is 11.6 Å². The van der Waals surface area contributed by atoms with Crippen LogP contribution in [-0.4, -0.2) is 9.97 Å². The molecule has 2 aromatic rings. The van der Waals surface area contributed by atoms with Gasteiger partial charge in [-0.3, -0.25) is 9.78 Å². The number of alkyl halides is 3. The molecule has 1 aromatic heterocycles. The molecule has 20 heavy (non-hydrogen) atoms. The number of hydrogen-bond acceptors (Lipinski definition) is 3. The van der Waals surface area contributed by atoms with Crippen molar-refractivity contribution in [1.82, 2.24) is 9.97 Å². The third-order valence-electron chi connectivity index (χ3n) is 2.44. The second-order valence-corrected chi connectivity index (χ2v) is 4.33. The van der Waals surface area contributed by atoms with E-state index in [1.807, 2.05) is 0 Å². The van der Waals surface area contributed by atoms with Crippen LogP contribution in [0.15, 0.2) is 35.1 Å². The summed E-state index contributed by atoms with van der Waals surface area (Å²) in [5, 5.41) is 3.07. The van der Waals surface area contributed by atoms with E-state index in [1.165, 1.54) is 0 Å². The van der Waals surface area contributed by atoms with E-state index in [2.05, 4.69) is 15.3 Å². The number of benzene rings is 1. The highest BCUT2D eigenvalue weighted by molar-refractivity contribution is 6.31. The third kappa shape index (κ3) is 3.51. The molecule has 0 aliphatic heterocycles. The minimum atomic E-state index is -4.67. The Morgan fingerprint density at radius 2 is 2.00 bits per heavy atom. The number of nitrogens with one attached hydrogen (secondary N) is 2. The zero-order valence-electron chi connectivity index (χ0n) is 9.96. The molecule has 0 aliphatic rings. The lowest BCUT2D eigenvalue weighted by Gasteiger charge is -2.09. The van der Waals surface area contributed by atoms with E-state index in [-0.39, 0.29) is 12.5 Å². The summed E-state index contributed by atoms with van der Waals surface area (Å²) in [6.07, 6.45) is -4.67. The van der Waals surface area contributed by atoms with Crippen molar-refractivity contribution >= 4 is 17.5 Å². The number of halogens is 4. The normalized spacial score (nSPS) is 11.4. The molecule has 2 rings (SSSR count). The van der Waals surface area contributed by atoms with Crippen molar-refractivity contribution in [2.75, 3.05) is 5.32 Å². The molecule has 106 valence electrons. The van der Waals surface area contributed by atoms with E-state index in [0.717, 1.165) is 0 Å². The first-order valence-corrected chi connectivity index (χ1v) is 5.90. The van der Waals surface area contributed by atoms with Crippen molar-refractivity contribution in [2.24, 2.45) is 0 Å². The molecule has 0 fully saturated rings. The van der Waals surface area contributed by atoms with E-state index in [0.29, 0.717) is 16.7 Å².